The Kier molecular flexibility index (Phi) is 9.49. The molecule has 0 aromatic heterocycles. The number of hydrogen-bond acceptors (Lipinski definition) is 3. The van der Waals surface area contributed by atoms with Crippen LogP contribution in [0.3, 0.4) is 0 Å². The number of ether oxygens (including phenoxy) is 1. The molecule has 0 unspecified atom stereocenters. The molecule has 0 saturated carbocycles. The van der Waals surface area contributed by atoms with Crippen molar-refractivity contribution in [1.29, 1.82) is 0 Å². The van der Waals surface area contributed by atoms with Gasteiger partial charge in [0.1, 0.15) is 11.6 Å². The van der Waals surface area contributed by atoms with Gasteiger partial charge >= 0.3 is 6.36 Å². The SMILES string of the molecule is Cl.Cl.Fc1ccc([C@H](c2ccc(OC(F)(F)F)cc2)N2CCNCC2)c(Br)c1. The Bertz CT molecular complexity index is 756. The highest BCUT2D eigenvalue weighted by atomic mass is 79.9. The van der Waals surface area contributed by atoms with Gasteiger partial charge in [-0.1, -0.05) is 34.1 Å². The van der Waals surface area contributed by atoms with Gasteiger partial charge in [0.05, 0.1) is 6.04 Å². The molecule has 0 radical (unpaired) electrons. The Morgan fingerprint density at radius 1 is 1.00 bits per heavy atom. The average Bonchev–Trinajstić information content (AvgIpc) is 2.58. The Balaban J connectivity index is 0.00000196. The van der Waals surface area contributed by atoms with Crippen LogP contribution in [0.15, 0.2) is 46.9 Å². The fraction of sp³-hybridized carbons (Fsp3) is 0.333. The Hall–Kier alpha value is -1.06. The molecule has 3 nitrogen and oxygen atoms in total. The molecule has 1 fully saturated rings. The van der Waals surface area contributed by atoms with Crippen molar-refractivity contribution < 1.29 is 22.3 Å². The standard InChI is InChI=1S/C18H17BrF4N2O.2ClH/c19-16-11-13(20)3-6-15(16)17(25-9-7-24-8-10-25)12-1-4-14(5-2-12)26-18(21,22)23;;/h1-6,11,17,24H,7-10H2;2*1H/t17-;;/m0../s1. The van der Waals surface area contributed by atoms with Gasteiger partial charge in [-0.25, -0.2) is 4.39 Å². The summed E-state index contributed by atoms with van der Waals surface area (Å²) in [6.07, 6.45) is -4.72. The molecule has 2 aromatic carbocycles. The summed E-state index contributed by atoms with van der Waals surface area (Å²) in [5, 5.41) is 3.27. The Morgan fingerprint density at radius 2 is 1.61 bits per heavy atom. The second kappa shape index (κ2) is 10.6. The number of nitrogens with zero attached hydrogens (tertiary/aromatic N) is 1. The number of benzene rings is 2. The first kappa shape index (κ1) is 25.0. The largest absolute Gasteiger partial charge is 0.573 e. The molecule has 0 spiro atoms. The minimum Gasteiger partial charge on any atom is -0.406 e. The van der Waals surface area contributed by atoms with Crippen molar-refractivity contribution in [1.82, 2.24) is 10.2 Å². The molecule has 10 heteroatoms. The van der Waals surface area contributed by atoms with E-state index in [1.165, 1.54) is 24.3 Å². The first-order valence-electron chi connectivity index (χ1n) is 8.09. The smallest absolute Gasteiger partial charge is 0.406 e. The van der Waals surface area contributed by atoms with Crippen molar-refractivity contribution in [3.8, 4) is 5.75 Å². The molecule has 1 heterocycles. The highest BCUT2D eigenvalue weighted by molar-refractivity contribution is 9.10. The van der Waals surface area contributed by atoms with E-state index in [0.717, 1.165) is 37.3 Å². The predicted molar refractivity (Wildman–Crippen MR) is 108 cm³/mol. The van der Waals surface area contributed by atoms with Crippen molar-refractivity contribution in [2.24, 2.45) is 0 Å². The first-order chi connectivity index (χ1) is 12.3. The van der Waals surface area contributed by atoms with Crippen LogP contribution in [0.2, 0.25) is 0 Å². The molecule has 0 amide bonds. The molecule has 28 heavy (non-hydrogen) atoms. The third kappa shape index (κ3) is 6.49. The number of rotatable bonds is 4. The van der Waals surface area contributed by atoms with Gasteiger partial charge in [-0.05, 0) is 35.4 Å². The van der Waals surface area contributed by atoms with Crippen molar-refractivity contribution >= 4 is 40.7 Å². The minimum atomic E-state index is -4.72. The molecule has 1 aliphatic rings. The summed E-state index contributed by atoms with van der Waals surface area (Å²) in [4.78, 5) is 2.22. The number of alkyl halides is 3. The summed E-state index contributed by atoms with van der Waals surface area (Å²) in [5.41, 5.74) is 1.67. The molecular weight excluding hydrogens is 487 g/mol. The molecular formula is C18H19BrCl2F4N2O. The second-order valence-corrected chi connectivity index (χ2v) is 6.83. The molecule has 156 valence electrons. The van der Waals surface area contributed by atoms with Crippen LogP contribution < -0.4 is 10.1 Å². The lowest BCUT2D eigenvalue weighted by Gasteiger charge is -2.36. The Labute approximate surface area is 181 Å². The van der Waals surface area contributed by atoms with Crippen LogP contribution in [0.4, 0.5) is 17.6 Å². The van der Waals surface area contributed by atoms with Gasteiger partial charge in [-0.2, -0.15) is 0 Å². The maximum atomic E-state index is 13.5. The topological polar surface area (TPSA) is 24.5 Å². The fourth-order valence-electron chi connectivity index (χ4n) is 3.10. The van der Waals surface area contributed by atoms with Crippen molar-refractivity contribution in [3.63, 3.8) is 0 Å². The summed E-state index contributed by atoms with van der Waals surface area (Å²) in [5.74, 6) is -0.618. The minimum absolute atomic E-state index is 0. The molecule has 1 atom stereocenters. The number of halogens is 7. The molecule has 1 saturated heterocycles. The molecule has 2 aromatic rings. The van der Waals surface area contributed by atoms with Crippen LogP contribution in [0.1, 0.15) is 17.2 Å². The van der Waals surface area contributed by atoms with E-state index < -0.39 is 6.36 Å². The van der Waals surface area contributed by atoms with Crippen LogP contribution in [0, 0.1) is 5.82 Å². The third-order valence-electron chi connectivity index (χ3n) is 4.20. The zero-order valence-electron chi connectivity index (χ0n) is 14.5. The maximum Gasteiger partial charge on any atom is 0.573 e. The summed E-state index contributed by atoms with van der Waals surface area (Å²) >= 11 is 3.41. The monoisotopic (exact) mass is 504 g/mol. The van der Waals surface area contributed by atoms with Crippen LogP contribution in [0.25, 0.3) is 0 Å². The van der Waals surface area contributed by atoms with Crippen LogP contribution in [0.5, 0.6) is 5.75 Å². The highest BCUT2D eigenvalue weighted by Crippen LogP contribution is 2.35. The van der Waals surface area contributed by atoms with Gasteiger partial charge < -0.3 is 10.1 Å². The zero-order chi connectivity index (χ0) is 18.7. The number of piperazine rings is 1. The van der Waals surface area contributed by atoms with Crippen molar-refractivity contribution in [2.45, 2.75) is 12.4 Å². The van der Waals surface area contributed by atoms with E-state index in [-0.39, 0.29) is 42.4 Å². The van der Waals surface area contributed by atoms with E-state index in [1.54, 1.807) is 18.2 Å². The van der Waals surface area contributed by atoms with Crippen molar-refractivity contribution in [3.05, 3.63) is 63.9 Å². The van der Waals surface area contributed by atoms with E-state index in [9.17, 15) is 17.6 Å². The van der Waals surface area contributed by atoms with Gasteiger partial charge in [-0.15, -0.1) is 38.0 Å². The lowest BCUT2D eigenvalue weighted by molar-refractivity contribution is -0.274. The number of hydrogen-bond donors (Lipinski definition) is 1. The number of nitrogens with one attached hydrogen (secondary N) is 1. The molecule has 0 bridgehead atoms. The molecule has 1 N–H and O–H groups in total. The first-order valence-corrected chi connectivity index (χ1v) is 8.88. The summed E-state index contributed by atoms with van der Waals surface area (Å²) in [6, 6.07) is 10.1. The highest BCUT2D eigenvalue weighted by Gasteiger charge is 2.31. The molecule has 1 aliphatic heterocycles. The second-order valence-electron chi connectivity index (χ2n) is 5.97. The average molecular weight is 506 g/mol. The third-order valence-corrected chi connectivity index (χ3v) is 4.89. The molecule has 3 rings (SSSR count). The van der Waals surface area contributed by atoms with Crippen LogP contribution in [-0.2, 0) is 0 Å². The van der Waals surface area contributed by atoms with E-state index in [0.29, 0.717) is 4.47 Å². The summed E-state index contributed by atoms with van der Waals surface area (Å²) in [6.45, 7) is 3.17. The zero-order valence-corrected chi connectivity index (χ0v) is 17.7. The predicted octanol–water partition coefficient (Wildman–Crippen LogP) is 5.33. The van der Waals surface area contributed by atoms with Gasteiger partial charge in [0.15, 0.2) is 0 Å². The van der Waals surface area contributed by atoms with E-state index in [2.05, 4.69) is 30.9 Å². The van der Waals surface area contributed by atoms with Gasteiger partial charge in [0.25, 0.3) is 0 Å². The van der Waals surface area contributed by atoms with Crippen LogP contribution in [-0.4, -0.2) is 37.4 Å². The Morgan fingerprint density at radius 3 is 2.14 bits per heavy atom. The normalized spacial score (nSPS) is 15.9. The van der Waals surface area contributed by atoms with Crippen molar-refractivity contribution in [2.75, 3.05) is 26.2 Å². The lowest BCUT2D eigenvalue weighted by Crippen LogP contribution is -2.45. The van der Waals surface area contributed by atoms with Gasteiger partial charge in [0.2, 0.25) is 0 Å². The van der Waals surface area contributed by atoms with E-state index >= 15 is 0 Å². The maximum absolute atomic E-state index is 13.5. The fourth-order valence-corrected chi connectivity index (χ4v) is 3.67. The van der Waals surface area contributed by atoms with E-state index in [1.807, 2.05) is 0 Å². The molecule has 0 aliphatic carbocycles. The summed E-state index contributed by atoms with van der Waals surface area (Å²) < 4.78 is 55.2. The lowest BCUT2D eigenvalue weighted by atomic mass is 9.96. The van der Waals surface area contributed by atoms with Gasteiger partial charge in [-0.3, -0.25) is 4.90 Å². The van der Waals surface area contributed by atoms with Crippen LogP contribution >= 0.6 is 40.7 Å². The van der Waals surface area contributed by atoms with Gasteiger partial charge in [0, 0.05) is 30.7 Å². The quantitative estimate of drug-likeness (QED) is 0.569. The summed E-state index contributed by atoms with van der Waals surface area (Å²) in [7, 11) is 0. The van der Waals surface area contributed by atoms with E-state index in [4.69, 9.17) is 0 Å².